The second-order valence-electron chi connectivity index (χ2n) is 17.8. The van der Waals surface area contributed by atoms with Gasteiger partial charge in [0, 0.05) is 0 Å². The maximum atomic E-state index is 2.22. The number of hydrogen-bond acceptors (Lipinski definition) is 0. The Morgan fingerprint density at radius 3 is 0.721 bits per heavy atom. The van der Waals surface area contributed by atoms with Crippen LogP contribution in [0.1, 0.15) is 122 Å². The molecular formula is C43H66. The Labute approximate surface area is 268 Å². The predicted octanol–water partition coefficient (Wildman–Crippen LogP) is 14.3. The van der Waals surface area contributed by atoms with Crippen LogP contribution in [0.15, 0.2) is 97.1 Å². The molecule has 0 fully saturated rings. The first-order chi connectivity index (χ1) is 19.4. The minimum Gasteiger partial charge on any atom is -0.0619 e. The lowest BCUT2D eigenvalue weighted by molar-refractivity contribution is 0.469. The average Bonchev–Trinajstić information content (AvgIpc) is 3.19. The van der Waals surface area contributed by atoms with Gasteiger partial charge in [0.2, 0.25) is 0 Å². The molecule has 5 rings (SSSR count). The zero-order chi connectivity index (χ0) is 33.5. The molecule has 0 heterocycles. The molecule has 0 atom stereocenters. The molecule has 0 nitrogen and oxygen atoms in total. The van der Waals surface area contributed by atoms with Gasteiger partial charge in [-0.25, -0.2) is 0 Å². The molecule has 0 amide bonds. The van der Waals surface area contributed by atoms with E-state index in [1.54, 1.807) is 0 Å². The first-order valence-corrected chi connectivity index (χ1v) is 16.0. The highest BCUT2D eigenvalue weighted by Crippen LogP contribution is 2.35. The van der Waals surface area contributed by atoms with Gasteiger partial charge >= 0.3 is 0 Å². The first kappa shape index (κ1) is 40.1. The highest BCUT2D eigenvalue weighted by atomic mass is 14.2. The van der Waals surface area contributed by atoms with Gasteiger partial charge in [0.25, 0.3) is 0 Å². The quantitative estimate of drug-likeness (QED) is 0.170. The lowest BCUT2D eigenvalue weighted by Crippen LogP contribution is -1.93. The molecule has 0 unspecified atom stereocenters. The van der Waals surface area contributed by atoms with Crippen molar-refractivity contribution < 1.29 is 0 Å². The summed E-state index contributed by atoms with van der Waals surface area (Å²) in [5.74, 6) is 0. The molecule has 0 aromatic heterocycles. The smallest absolute Gasteiger partial charge is 0.00135 e. The Morgan fingerprint density at radius 2 is 0.488 bits per heavy atom. The fourth-order valence-corrected chi connectivity index (χ4v) is 3.21. The van der Waals surface area contributed by atoms with Crippen LogP contribution in [0.25, 0.3) is 21.9 Å². The predicted molar refractivity (Wildman–Crippen MR) is 199 cm³/mol. The normalized spacial score (nSPS) is 11.6. The van der Waals surface area contributed by atoms with Gasteiger partial charge in [-0.05, 0) is 61.1 Å². The molecule has 43 heavy (non-hydrogen) atoms. The molecule has 0 N–H and O–H groups in total. The molecule has 0 radical (unpaired) electrons. The van der Waals surface area contributed by atoms with Crippen LogP contribution in [-0.4, -0.2) is 0 Å². The third kappa shape index (κ3) is 26.5. The topological polar surface area (TPSA) is 0 Å². The molecule has 0 heteroatoms. The summed E-state index contributed by atoms with van der Waals surface area (Å²) in [5, 5.41) is 2.62. The van der Waals surface area contributed by atoms with E-state index in [1.807, 2.05) is 0 Å². The van der Waals surface area contributed by atoms with Crippen LogP contribution < -0.4 is 0 Å². The summed E-state index contributed by atoms with van der Waals surface area (Å²) in [6.45, 7) is 35.0. The largest absolute Gasteiger partial charge is 0.0619 e. The Bertz CT molecular complexity index is 1110. The number of hydrogen-bond donors (Lipinski definition) is 0. The van der Waals surface area contributed by atoms with Gasteiger partial charge in [0.15, 0.2) is 0 Å². The van der Waals surface area contributed by atoms with Crippen LogP contribution in [0.2, 0.25) is 0 Å². The third-order valence-electron chi connectivity index (χ3n) is 4.36. The first-order valence-electron chi connectivity index (χ1n) is 16.0. The van der Waals surface area contributed by atoms with Crippen molar-refractivity contribution in [2.45, 2.75) is 117 Å². The molecule has 0 aliphatic heterocycles. The summed E-state index contributed by atoms with van der Waals surface area (Å²) in [4.78, 5) is 0. The van der Waals surface area contributed by atoms with E-state index < -0.39 is 0 Å². The maximum Gasteiger partial charge on any atom is -0.00135 e. The lowest BCUT2D eigenvalue weighted by atomic mass is 10.0. The SMILES string of the molecule is CC(C)(C)C.CC(C)(C)C.CC(C)(C)C.CC(C)(C)C.c1ccc2c(c1)Cc1ccccc1-2.c1ccc2ccccc2c1. The monoisotopic (exact) mass is 583 g/mol. The Balaban J connectivity index is 0.000000527. The summed E-state index contributed by atoms with van der Waals surface area (Å²) in [6.07, 6.45) is 1.10. The van der Waals surface area contributed by atoms with Crippen molar-refractivity contribution in [2.24, 2.45) is 21.7 Å². The molecule has 4 aromatic carbocycles. The zero-order valence-electron chi connectivity index (χ0n) is 30.9. The molecular weight excluding hydrogens is 516 g/mol. The fraction of sp³-hybridized carbons (Fsp3) is 0.488. The number of benzene rings is 4. The Hall–Kier alpha value is -2.86. The molecule has 0 spiro atoms. The molecule has 0 bridgehead atoms. The van der Waals surface area contributed by atoms with Gasteiger partial charge in [-0.1, -0.05) is 208 Å². The summed E-state index contributed by atoms with van der Waals surface area (Å²) in [7, 11) is 0. The zero-order valence-corrected chi connectivity index (χ0v) is 30.9. The van der Waals surface area contributed by atoms with Crippen molar-refractivity contribution in [3.05, 3.63) is 108 Å². The third-order valence-corrected chi connectivity index (χ3v) is 4.36. The Morgan fingerprint density at radius 1 is 0.302 bits per heavy atom. The van der Waals surface area contributed by atoms with Gasteiger partial charge in [-0.15, -0.1) is 0 Å². The van der Waals surface area contributed by atoms with Crippen LogP contribution in [0, 0.1) is 21.7 Å². The van der Waals surface area contributed by atoms with E-state index in [9.17, 15) is 0 Å². The second kappa shape index (κ2) is 18.1. The van der Waals surface area contributed by atoms with Crippen LogP contribution in [0.3, 0.4) is 0 Å². The van der Waals surface area contributed by atoms with Crippen molar-refractivity contribution in [3.8, 4) is 11.1 Å². The minimum absolute atomic E-state index is 0.500. The highest BCUT2D eigenvalue weighted by Gasteiger charge is 2.15. The molecule has 0 saturated heterocycles. The molecule has 238 valence electrons. The van der Waals surface area contributed by atoms with Gasteiger partial charge in [0.05, 0.1) is 0 Å². The van der Waals surface area contributed by atoms with Crippen molar-refractivity contribution in [3.63, 3.8) is 0 Å². The fourth-order valence-electron chi connectivity index (χ4n) is 3.21. The second-order valence-corrected chi connectivity index (χ2v) is 17.8. The van der Waals surface area contributed by atoms with Gasteiger partial charge in [-0.2, -0.15) is 0 Å². The number of rotatable bonds is 0. The van der Waals surface area contributed by atoms with Crippen molar-refractivity contribution >= 4 is 10.8 Å². The molecule has 1 aliphatic rings. The molecule has 4 aromatic rings. The van der Waals surface area contributed by atoms with Crippen LogP contribution in [-0.2, 0) is 6.42 Å². The van der Waals surface area contributed by atoms with Gasteiger partial charge in [0.1, 0.15) is 0 Å². The lowest BCUT2D eigenvalue weighted by Gasteiger charge is -2.05. The van der Waals surface area contributed by atoms with Crippen LogP contribution in [0.4, 0.5) is 0 Å². The maximum absolute atomic E-state index is 2.22. The van der Waals surface area contributed by atoms with E-state index in [2.05, 4.69) is 208 Å². The highest BCUT2D eigenvalue weighted by molar-refractivity contribution is 5.82. The standard InChI is InChI=1S/C13H10.C10H8.4C5H12/c1-3-7-12-10(5-1)9-11-6-2-4-8-13(11)12;1-2-6-10-8-4-3-7-9(10)5-1;4*1-5(2,3)4/h1-8H,9H2;1-8H;4*1-4H3. The Kier molecular flexibility index (Phi) is 16.9. The van der Waals surface area contributed by atoms with E-state index in [0.29, 0.717) is 21.7 Å². The average molecular weight is 583 g/mol. The summed E-state index contributed by atoms with van der Waals surface area (Å²) >= 11 is 0. The number of fused-ring (bicyclic) bond motifs is 4. The van der Waals surface area contributed by atoms with Crippen LogP contribution >= 0.6 is 0 Å². The van der Waals surface area contributed by atoms with E-state index in [1.165, 1.54) is 33.0 Å². The van der Waals surface area contributed by atoms with Crippen LogP contribution in [0.5, 0.6) is 0 Å². The van der Waals surface area contributed by atoms with Crippen molar-refractivity contribution in [2.75, 3.05) is 0 Å². The summed E-state index contributed by atoms with van der Waals surface area (Å²) < 4.78 is 0. The van der Waals surface area contributed by atoms with Crippen molar-refractivity contribution in [1.29, 1.82) is 0 Å². The van der Waals surface area contributed by atoms with E-state index in [-0.39, 0.29) is 0 Å². The van der Waals surface area contributed by atoms with E-state index in [4.69, 9.17) is 0 Å². The minimum atomic E-state index is 0.500. The molecule has 1 aliphatic carbocycles. The van der Waals surface area contributed by atoms with Gasteiger partial charge < -0.3 is 0 Å². The van der Waals surface area contributed by atoms with Crippen molar-refractivity contribution in [1.82, 2.24) is 0 Å². The van der Waals surface area contributed by atoms with E-state index in [0.717, 1.165) is 6.42 Å². The van der Waals surface area contributed by atoms with E-state index >= 15 is 0 Å². The summed E-state index contributed by atoms with van der Waals surface area (Å²) in [6, 6.07) is 34.0. The molecule has 0 saturated carbocycles. The summed E-state index contributed by atoms with van der Waals surface area (Å²) in [5.41, 5.74) is 7.75. The van der Waals surface area contributed by atoms with Gasteiger partial charge in [-0.3, -0.25) is 0 Å².